The summed E-state index contributed by atoms with van der Waals surface area (Å²) in [4.78, 5) is 4.29. The number of pyridine rings is 1. The topological polar surface area (TPSA) is 48.1 Å². The Morgan fingerprint density at radius 3 is 3.07 bits per heavy atom. The minimum atomic E-state index is 0.171. The van der Waals surface area contributed by atoms with E-state index in [1.807, 2.05) is 24.4 Å². The van der Waals surface area contributed by atoms with Crippen LogP contribution in [0.5, 0.6) is 0 Å². The SMILES string of the molecule is CC1CC(C(N)Cc2ccccn2)CO1. The van der Waals surface area contributed by atoms with Gasteiger partial charge in [-0.1, -0.05) is 6.07 Å². The molecule has 2 N–H and O–H groups in total. The molecular formula is C12H18N2O. The molecule has 0 saturated carbocycles. The van der Waals surface area contributed by atoms with E-state index in [-0.39, 0.29) is 6.04 Å². The van der Waals surface area contributed by atoms with Crippen molar-refractivity contribution in [2.45, 2.75) is 31.9 Å². The van der Waals surface area contributed by atoms with Crippen molar-refractivity contribution in [1.82, 2.24) is 4.98 Å². The molecule has 0 bridgehead atoms. The maximum Gasteiger partial charge on any atom is 0.0551 e. The Kier molecular flexibility index (Phi) is 3.34. The lowest BCUT2D eigenvalue weighted by Gasteiger charge is -2.16. The normalized spacial score (nSPS) is 27.9. The van der Waals surface area contributed by atoms with Crippen LogP contribution in [0.1, 0.15) is 19.0 Å². The molecule has 1 aliphatic heterocycles. The van der Waals surface area contributed by atoms with E-state index in [4.69, 9.17) is 10.5 Å². The molecular weight excluding hydrogens is 188 g/mol. The van der Waals surface area contributed by atoms with Gasteiger partial charge in [0, 0.05) is 30.3 Å². The van der Waals surface area contributed by atoms with Gasteiger partial charge >= 0.3 is 0 Å². The van der Waals surface area contributed by atoms with Crippen molar-refractivity contribution < 1.29 is 4.74 Å². The standard InChI is InChI=1S/C12H18N2O/c1-9-6-10(8-15-9)12(13)7-11-4-2-3-5-14-11/h2-5,9-10,12H,6-8,13H2,1H3. The largest absolute Gasteiger partial charge is 0.378 e. The predicted molar refractivity (Wildman–Crippen MR) is 59.4 cm³/mol. The second-order valence-electron chi connectivity index (χ2n) is 4.33. The highest BCUT2D eigenvalue weighted by molar-refractivity contribution is 5.05. The third-order valence-electron chi connectivity index (χ3n) is 3.01. The van der Waals surface area contributed by atoms with Crippen LogP contribution < -0.4 is 5.73 Å². The molecule has 82 valence electrons. The monoisotopic (exact) mass is 206 g/mol. The summed E-state index contributed by atoms with van der Waals surface area (Å²) in [5.74, 6) is 0.488. The van der Waals surface area contributed by atoms with Gasteiger partial charge in [-0.15, -0.1) is 0 Å². The van der Waals surface area contributed by atoms with Gasteiger partial charge in [-0.2, -0.15) is 0 Å². The van der Waals surface area contributed by atoms with Crippen molar-refractivity contribution >= 4 is 0 Å². The van der Waals surface area contributed by atoms with Crippen molar-refractivity contribution in [3.8, 4) is 0 Å². The first-order valence-electron chi connectivity index (χ1n) is 5.53. The summed E-state index contributed by atoms with van der Waals surface area (Å²) < 4.78 is 5.52. The Balaban J connectivity index is 1.90. The zero-order chi connectivity index (χ0) is 10.7. The molecule has 15 heavy (non-hydrogen) atoms. The van der Waals surface area contributed by atoms with E-state index in [0.717, 1.165) is 25.1 Å². The van der Waals surface area contributed by atoms with Gasteiger partial charge in [0.25, 0.3) is 0 Å². The zero-order valence-electron chi connectivity index (χ0n) is 9.10. The predicted octanol–water partition coefficient (Wildman–Crippen LogP) is 1.38. The fourth-order valence-electron chi connectivity index (χ4n) is 2.08. The summed E-state index contributed by atoms with van der Waals surface area (Å²) in [5, 5.41) is 0. The molecule has 3 unspecified atom stereocenters. The number of nitrogens with two attached hydrogens (primary N) is 1. The quantitative estimate of drug-likeness (QED) is 0.812. The van der Waals surface area contributed by atoms with Gasteiger partial charge in [-0.25, -0.2) is 0 Å². The first-order chi connectivity index (χ1) is 7.25. The van der Waals surface area contributed by atoms with Crippen LogP contribution >= 0.6 is 0 Å². The van der Waals surface area contributed by atoms with Crippen molar-refractivity contribution in [3.05, 3.63) is 30.1 Å². The third kappa shape index (κ3) is 2.76. The van der Waals surface area contributed by atoms with Gasteiger partial charge in [0.1, 0.15) is 0 Å². The highest BCUT2D eigenvalue weighted by atomic mass is 16.5. The molecule has 3 nitrogen and oxygen atoms in total. The van der Waals surface area contributed by atoms with Gasteiger partial charge in [0.15, 0.2) is 0 Å². The molecule has 0 spiro atoms. The molecule has 0 radical (unpaired) electrons. The molecule has 3 heteroatoms. The van der Waals surface area contributed by atoms with Crippen molar-refractivity contribution in [2.24, 2.45) is 11.7 Å². The Morgan fingerprint density at radius 2 is 2.47 bits per heavy atom. The summed E-state index contributed by atoms with van der Waals surface area (Å²) in [6.07, 6.45) is 4.11. The molecule has 2 heterocycles. The minimum absolute atomic E-state index is 0.171. The maximum absolute atomic E-state index is 6.15. The Bertz CT molecular complexity index is 302. The Morgan fingerprint density at radius 1 is 1.60 bits per heavy atom. The number of ether oxygens (including phenoxy) is 1. The number of hydrogen-bond donors (Lipinski definition) is 1. The van der Waals surface area contributed by atoms with Gasteiger partial charge in [0.2, 0.25) is 0 Å². The van der Waals surface area contributed by atoms with E-state index in [2.05, 4.69) is 11.9 Å². The molecule has 0 aliphatic carbocycles. The first kappa shape index (κ1) is 10.6. The van der Waals surface area contributed by atoms with Crippen LogP contribution in [-0.4, -0.2) is 23.7 Å². The second kappa shape index (κ2) is 4.73. The Labute approximate surface area is 90.7 Å². The fraction of sp³-hybridized carbons (Fsp3) is 0.583. The number of nitrogens with zero attached hydrogens (tertiary/aromatic N) is 1. The van der Waals surface area contributed by atoms with Crippen LogP contribution in [0.4, 0.5) is 0 Å². The average Bonchev–Trinajstić information content (AvgIpc) is 2.66. The highest BCUT2D eigenvalue weighted by Crippen LogP contribution is 2.22. The molecule has 0 aromatic carbocycles. The molecule has 0 amide bonds. The van der Waals surface area contributed by atoms with E-state index >= 15 is 0 Å². The first-order valence-corrected chi connectivity index (χ1v) is 5.53. The van der Waals surface area contributed by atoms with E-state index < -0.39 is 0 Å². The molecule has 1 aromatic heterocycles. The van der Waals surface area contributed by atoms with Crippen LogP contribution in [-0.2, 0) is 11.2 Å². The van der Waals surface area contributed by atoms with Crippen LogP contribution in [0.3, 0.4) is 0 Å². The lowest BCUT2D eigenvalue weighted by Crippen LogP contribution is -2.33. The summed E-state index contributed by atoms with van der Waals surface area (Å²) in [7, 11) is 0. The highest BCUT2D eigenvalue weighted by Gasteiger charge is 2.27. The smallest absolute Gasteiger partial charge is 0.0551 e. The van der Waals surface area contributed by atoms with Gasteiger partial charge in [0.05, 0.1) is 12.7 Å². The number of rotatable bonds is 3. The minimum Gasteiger partial charge on any atom is -0.378 e. The molecule has 1 aromatic rings. The zero-order valence-corrected chi connectivity index (χ0v) is 9.10. The Hall–Kier alpha value is -0.930. The van der Waals surface area contributed by atoms with E-state index in [9.17, 15) is 0 Å². The summed E-state index contributed by atoms with van der Waals surface area (Å²) in [5.41, 5.74) is 7.23. The van der Waals surface area contributed by atoms with Crippen LogP contribution in [0.25, 0.3) is 0 Å². The lowest BCUT2D eigenvalue weighted by molar-refractivity contribution is 0.118. The molecule has 3 atom stereocenters. The third-order valence-corrected chi connectivity index (χ3v) is 3.01. The van der Waals surface area contributed by atoms with Crippen molar-refractivity contribution in [2.75, 3.05) is 6.61 Å². The second-order valence-corrected chi connectivity index (χ2v) is 4.33. The van der Waals surface area contributed by atoms with Gasteiger partial charge in [-0.05, 0) is 25.5 Å². The van der Waals surface area contributed by atoms with Crippen LogP contribution in [0.2, 0.25) is 0 Å². The van der Waals surface area contributed by atoms with E-state index in [1.54, 1.807) is 0 Å². The molecule has 1 fully saturated rings. The summed E-state index contributed by atoms with van der Waals surface area (Å²) in [6, 6.07) is 6.13. The lowest BCUT2D eigenvalue weighted by atomic mass is 9.94. The summed E-state index contributed by atoms with van der Waals surface area (Å²) in [6.45, 7) is 2.91. The number of aromatic nitrogens is 1. The fourth-order valence-corrected chi connectivity index (χ4v) is 2.08. The van der Waals surface area contributed by atoms with Crippen LogP contribution in [0.15, 0.2) is 24.4 Å². The van der Waals surface area contributed by atoms with Gasteiger partial charge < -0.3 is 10.5 Å². The maximum atomic E-state index is 6.15. The van der Waals surface area contributed by atoms with E-state index in [0.29, 0.717) is 12.0 Å². The average molecular weight is 206 g/mol. The molecule has 2 rings (SSSR count). The number of hydrogen-bond acceptors (Lipinski definition) is 3. The van der Waals surface area contributed by atoms with Crippen molar-refractivity contribution in [1.29, 1.82) is 0 Å². The summed E-state index contributed by atoms with van der Waals surface area (Å²) >= 11 is 0. The molecule has 1 aliphatic rings. The molecule has 1 saturated heterocycles. The van der Waals surface area contributed by atoms with Crippen LogP contribution in [0, 0.1) is 5.92 Å². The van der Waals surface area contributed by atoms with Gasteiger partial charge in [-0.3, -0.25) is 4.98 Å². The van der Waals surface area contributed by atoms with Crippen molar-refractivity contribution in [3.63, 3.8) is 0 Å². The van der Waals surface area contributed by atoms with E-state index in [1.165, 1.54) is 0 Å².